The number of halogens is 1. The Kier molecular flexibility index (Phi) is 3.15. The molecule has 3 nitrogen and oxygen atoms in total. The average molecular weight is 271 g/mol. The molecule has 0 radical (unpaired) electrons. The number of nitrogens with zero attached hydrogens (tertiary/aromatic N) is 2. The van der Waals surface area contributed by atoms with E-state index in [-0.39, 0.29) is 0 Å². The smallest absolute Gasteiger partial charge is 0.104 e. The Morgan fingerprint density at radius 1 is 0.842 bits per heavy atom. The van der Waals surface area contributed by atoms with Crippen LogP contribution in [0.4, 0.5) is 0 Å². The Labute approximate surface area is 115 Å². The summed E-state index contributed by atoms with van der Waals surface area (Å²) in [5, 5.41) is 11.0. The molecule has 4 heteroatoms. The van der Waals surface area contributed by atoms with Crippen molar-refractivity contribution in [2.75, 3.05) is 0 Å². The molecule has 2 aromatic carbocycles. The highest BCUT2D eigenvalue weighted by molar-refractivity contribution is 6.30. The number of hydrogen-bond acceptors (Lipinski definition) is 3. The first-order valence-corrected chi connectivity index (χ1v) is 6.26. The summed E-state index contributed by atoms with van der Waals surface area (Å²) in [7, 11) is 0. The first-order valence-electron chi connectivity index (χ1n) is 5.88. The summed E-state index contributed by atoms with van der Waals surface area (Å²) in [5.74, 6) is 0. The van der Waals surface area contributed by atoms with Crippen LogP contribution in [0.1, 0.15) is 17.2 Å². The van der Waals surface area contributed by atoms with Crippen LogP contribution in [0.25, 0.3) is 11.0 Å². The van der Waals surface area contributed by atoms with Crippen molar-refractivity contribution < 1.29 is 5.11 Å². The number of rotatable bonds is 2. The van der Waals surface area contributed by atoms with Gasteiger partial charge in [0.15, 0.2) is 0 Å². The molecule has 19 heavy (non-hydrogen) atoms. The van der Waals surface area contributed by atoms with Gasteiger partial charge in [-0.15, -0.1) is 0 Å². The minimum absolute atomic E-state index is 0.653. The second kappa shape index (κ2) is 4.96. The third-order valence-corrected chi connectivity index (χ3v) is 3.25. The van der Waals surface area contributed by atoms with Crippen molar-refractivity contribution in [2.45, 2.75) is 6.10 Å². The van der Waals surface area contributed by atoms with E-state index < -0.39 is 6.10 Å². The molecule has 0 spiro atoms. The minimum atomic E-state index is -0.691. The lowest BCUT2D eigenvalue weighted by Gasteiger charge is -2.12. The zero-order valence-electron chi connectivity index (χ0n) is 9.99. The van der Waals surface area contributed by atoms with Gasteiger partial charge in [0.25, 0.3) is 0 Å². The lowest BCUT2D eigenvalue weighted by atomic mass is 10.0. The minimum Gasteiger partial charge on any atom is -0.384 e. The van der Waals surface area contributed by atoms with Crippen molar-refractivity contribution in [1.82, 2.24) is 9.97 Å². The molecule has 0 fully saturated rings. The van der Waals surface area contributed by atoms with Crippen LogP contribution in [-0.2, 0) is 0 Å². The van der Waals surface area contributed by atoms with Crippen molar-refractivity contribution in [3.8, 4) is 0 Å². The number of hydrogen-bond donors (Lipinski definition) is 1. The second-order valence-electron chi connectivity index (χ2n) is 4.26. The van der Waals surface area contributed by atoms with Gasteiger partial charge in [-0.2, -0.15) is 0 Å². The summed E-state index contributed by atoms with van der Waals surface area (Å²) in [6, 6.07) is 12.7. The first-order chi connectivity index (χ1) is 9.24. The van der Waals surface area contributed by atoms with Crippen LogP contribution in [0.3, 0.4) is 0 Å². The topological polar surface area (TPSA) is 46.0 Å². The Morgan fingerprint density at radius 3 is 2.21 bits per heavy atom. The normalized spacial score (nSPS) is 12.5. The number of fused-ring (bicyclic) bond motifs is 1. The molecule has 0 amide bonds. The largest absolute Gasteiger partial charge is 0.384 e. The fraction of sp³-hybridized carbons (Fsp3) is 0.0667. The highest BCUT2D eigenvalue weighted by Crippen LogP contribution is 2.25. The van der Waals surface area contributed by atoms with Crippen LogP contribution in [0, 0.1) is 0 Å². The highest BCUT2D eigenvalue weighted by Gasteiger charge is 2.11. The molecule has 1 N–H and O–H groups in total. The molecular weight excluding hydrogens is 260 g/mol. The van der Waals surface area contributed by atoms with Crippen LogP contribution in [0.5, 0.6) is 0 Å². The first kappa shape index (κ1) is 12.1. The molecule has 0 aliphatic rings. The Hall–Kier alpha value is -1.97. The molecule has 3 aromatic rings. The third-order valence-electron chi connectivity index (χ3n) is 2.99. The van der Waals surface area contributed by atoms with Crippen LogP contribution in [0.15, 0.2) is 54.9 Å². The number of aliphatic hydroxyl groups is 1. The fourth-order valence-corrected chi connectivity index (χ4v) is 2.11. The van der Waals surface area contributed by atoms with Gasteiger partial charge >= 0.3 is 0 Å². The molecular formula is C15H11ClN2O. The maximum absolute atomic E-state index is 10.4. The van der Waals surface area contributed by atoms with Gasteiger partial charge in [0.05, 0.1) is 11.0 Å². The summed E-state index contributed by atoms with van der Waals surface area (Å²) >= 11 is 5.84. The van der Waals surface area contributed by atoms with E-state index in [4.69, 9.17) is 11.6 Å². The molecule has 0 saturated carbocycles. The molecule has 1 aromatic heterocycles. The van der Waals surface area contributed by atoms with Crippen molar-refractivity contribution in [3.05, 3.63) is 71.0 Å². The van der Waals surface area contributed by atoms with E-state index in [0.29, 0.717) is 5.02 Å². The predicted octanol–water partition coefficient (Wildman–Crippen LogP) is 3.36. The monoisotopic (exact) mass is 270 g/mol. The van der Waals surface area contributed by atoms with E-state index in [9.17, 15) is 5.11 Å². The van der Waals surface area contributed by atoms with E-state index in [1.807, 2.05) is 30.3 Å². The van der Waals surface area contributed by atoms with Crippen LogP contribution in [0.2, 0.25) is 5.02 Å². The zero-order valence-corrected chi connectivity index (χ0v) is 10.7. The number of aliphatic hydroxyl groups excluding tert-OH is 1. The molecule has 0 aliphatic heterocycles. The standard InChI is InChI=1S/C15H11ClN2O/c16-12-4-1-10(2-5-12)15(19)11-3-6-13-14(9-11)18-8-7-17-13/h1-9,15,19H. The van der Waals surface area contributed by atoms with Crippen molar-refractivity contribution in [1.29, 1.82) is 0 Å². The summed E-state index contributed by atoms with van der Waals surface area (Å²) in [5.41, 5.74) is 3.17. The Balaban J connectivity index is 2.01. The average Bonchev–Trinajstić information content (AvgIpc) is 2.47. The Morgan fingerprint density at radius 2 is 1.47 bits per heavy atom. The van der Waals surface area contributed by atoms with E-state index in [1.165, 1.54) is 0 Å². The molecule has 0 bridgehead atoms. The second-order valence-corrected chi connectivity index (χ2v) is 4.70. The third kappa shape index (κ3) is 2.43. The predicted molar refractivity (Wildman–Crippen MR) is 75.1 cm³/mol. The summed E-state index contributed by atoms with van der Waals surface area (Å²) in [6.45, 7) is 0. The zero-order chi connectivity index (χ0) is 13.2. The van der Waals surface area contributed by atoms with Gasteiger partial charge < -0.3 is 5.11 Å². The summed E-state index contributed by atoms with van der Waals surface area (Å²) in [6.07, 6.45) is 2.60. The van der Waals surface area contributed by atoms with Gasteiger partial charge in [0, 0.05) is 17.4 Å². The molecule has 0 saturated heterocycles. The van der Waals surface area contributed by atoms with E-state index in [0.717, 1.165) is 22.2 Å². The summed E-state index contributed by atoms with van der Waals surface area (Å²) < 4.78 is 0. The van der Waals surface area contributed by atoms with Gasteiger partial charge in [0.1, 0.15) is 6.10 Å². The van der Waals surface area contributed by atoms with Gasteiger partial charge in [-0.05, 0) is 35.4 Å². The summed E-state index contributed by atoms with van der Waals surface area (Å²) in [4.78, 5) is 8.44. The van der Waals surface area contributed by atoms with Gasteiger partial charge in [-0.3, -0.25) is 9.97 Å². The van der Waals surface area contributed by atoms with Crippen molar-refractivity contribution in [2.24, 2.45) is 0 Å². The van der Waals surface area contributed by atoms with Crippen molar-refractivity contribution >= 4 is 22.6 Å². The molecule has 3 rings (SSSR count). The van der Waals surface area contributed by atoms with E-state index >= 15 is 0 Å². The lowest BCUT2D eigenvalue weighted by molar-refractivity contribution is 0.220. The van der Waals surface area contributed by atoms with E-state index in [2.05, 4.69) is 9.97 Å². The van der Waals surface area contributed by atoms with Crippen molar-refractivity contribution in [3.63, 3.8) is 0 Å². The fourth-order valence-electron chi connectivity index (χ4n) is 1.99. The van der Waals surface area contributed by atoms with Crippen LogP contribution in [-0.4, -0.2) is 15.1 Å². The molecule has 1 atom stereocenters. The SMILES string of the molecule is OC(c1ccc(Cl)cc1)c1ccc2nccnc2c1. The van der Waals surface area contributed by atoms with Crippen LogP contribution >= 0.6 is 11.6 Å². The quantitative estimate of drug-likeness (QED) is 0.777. The van der Waals surface area contributed by atoms with Gasteiger partial charge in [0.2, 0.25) is 0 Å². The number of benzene rings is 2. The number of aromatic nitrogens is 2. The Bertz CT molecular complexity index is 713. The lowest BCUT2D eigenvalue weighted by Crippen LogP contribution is -1.99. The molecule has 0 aliphatic carbocycles. The molecule has 94 valence electrons. The highest BCUT2D eigenvalue weighted by atomic mass is 35.5. The van der Waals surface area contributed by atoms with Crippen LogP contribution < -0.4 is 0 Å². The van der Waals surface area contributed by atoms with Gasteiger partial charge in [-0.1, -0.05) is 29.8 Å². The van der Waals surface area contributed by atoms with Gasteiger partial charge in [-0.25, -0.2) is 0 Å². The maximum Gasteiger partial charge on any atom is 0.104 e. The molecule has 1 unspecified atom stereocenters. The molecule has 1 heterocycles. The maximum atomic E-state index is 10.4. The van der Waals surface area contributed by atoms with E-state index in [1.54, 1.807) is 24.5 Å².